The highest BCUT2D eigenvalue weighted by Crippen LogP contribution is 2.44. The molecule has 170 valence electrons. The van der Waals surface area contributed by atoms with Crippen LogP contribution >= 0.6 is 0 Å². The van der Waals surface area contributed by atoms with Crippen LogP contribution in [0, 0.1) is 0 Å². The number of anilines is 1. The van der Waals surface area contributed by atoms with E-state index in [0.717, 1.165) is 0 Å². The Bertz CT molecular complexity index is 858. The molecule has 31 heavy (non-hydrogen) atoms. The first-order valence-corrected chi connectivity index (χ1v) is 10.2. The number of nitrogens with one attached hydrogen (secondary N) is 2. The summed E-state index contributed by atoms with van der Waals surface area (Å²) in [6.45, 7) is 6.80. The zero-order chi connectivity index (χ0) is 22.4. The molecule has 3 saturated heterocycles. The lowest BCUT2D eigenvalue weighted by Gasteiger charge is -2.36. The molecule has 2 N–H and O–H groups in total. The minimum atomic E-state index is -1.02. The van der Waals surface area contributed by atoms with Gasteiger partial charge in [0.15, 0.2) is 24.0 Å². The zero-order valence-corrected chi connectivity index (χ0v) is 18.2. The summed E-state index contributed by atoms with van der Waals surface area (Å²) < 4.78 is 34.7. The predicted octanol–water partition coefficient (Wildman–Crippen LogP) is 1.15. The number of methoxy groups -OCH3 is 1. The normalized spacial score (nSPS) is 32.6. The average molecular weight is 436 g/mol. The van der Waals surface area contributed by atoms with Crippen molar-refractivity contribution in [3.8, 4) is 5.75 Å². The van der Waals surface area contributed by atoms with Crippen LogP contribution < -0.4 is 15.4 Å². The molecule has 3 fully saturated rings. The first-order chi connectivity index (χ1) is 14.6. The lowest BCUT2D eigenvalue weighted by molar-refractivity contribution is -0.231. The van der Waals surface area contributed by atoms with Crippen LogP contribution in [0.1, 0.15) is 27.7 Å². The number of para-hydroxylation sites is 2. The van der Waals surface area contributed by atoms with Crippen LogP contribution in [0.2, 0.25) is 0 Å². The van der Waals surface area contributed by atoms with Crippen LogP contribution in [0.3, 0.4) is 0 Å². The second-order valence-electron chi connectivity index (χ2n) is 8.56. The van der Waals surface area contributed by atoms with E-state index in [0.29, 0.717) is 11.4 Å². The molecule has 0 bridgehead atoms. The minimum Gasteiger partial charge on any atom is -0.495 e. The molecule has 5 atom stereocenters. The van der Waals surface area contributed by atoms with Gasteiger partial charge in [-0.15, -0.1) is 0 Å². The van der Waals surface area contributed by atoms with Gasteiger partial charge in [0.25, 0.3) is 5.91 Å². The third-order valence-corrected chi connectivity index (χ3v) is 5.22. The summed E-state index contributed by atoms with van der Waals surface area (Å²) in [5.74, 6) is -2.18. The minimum absolute atomic E-state index is 0.255. The molecule has 0 unspecified atom stereocenters. The van der Waals surface area contributed by atoms with E-state index in [1.165, 1.54) is 7.11 Å². The van der Waals surface area contributed by atoms with Crippen molar-refractivity contribution in [3.63, 3.8) is 0 Å². The smallest absolute Gasteiger partial charge is 0.252 e. The third-order valence-electron chi connectivity index (χ3n) is 5.22. The van der Waals surface area contributed by atoms with Gasteiger partial charge in [-0.1, -0.05) is 12.1 Å². The van der Waals surface area contributed by atoms with Gasteiger partial charge in [0, 0.05) is 0 Å². The molecule has 3 aliphatic heterocycles. The summed E-state index contributed by atoms with van der Waals surface area (Å²) in [6, 6.07) is 7.00. The van der Waals surface area contributed by atoms with Gasteiger partial charge in [0.1, 0.15) is 24.1 Å². The Morgan fingerprint density at radius 1 is 0.968 bits per heavy atom. The Hall–Kier alpha value is -2.24. The first-order valence-electron chi connectivity index (χ1n) is 10.2. The molecule has 10 nitrogen and oxygen atoms in total. The van der Waals surface area contributed by atoms with Crippen molar-refractivity contribution >= 4 is 17.5 Å². The number of carbonyl (C=O) groups is 2. The molecule has 1 aromatic carbocycles. The van der Waals surface area contributed by atoms with Gasteiger partial charge < -0.3 is 39.1 Å². The molecule has 3 heterocycles. The topological polar surface area (TPSA) is 114 Å². The Kier molecular flexibility index (Phi) is 5.69. The van der Waals surface area contributed by atoms with Crippen molar-refractivity contribution in [2.24, 2.45) is 0 Å². The van der Waals surface area contributed by atoms with Crippen LogP contribution in [-0.2, 0) is 33.3 Å². The molecular weight excluding hydrogens is 408 g/mol. The SMILES string of the molecule is COc1ccccc1NC(=O)CNC(=O)[C@@H]1O[C@H]2OC(C)(C)O[C@@H]2[C@H]2OC(C)(C)O[C@@H]21. The molecule has 10 heteroatoms. The van der Waals surface area contributed by atoms with Crippen LogP contribution in [0.4, 0.5) is 5.69 Å². The van der Waals surface area contributed by atoms with E-state index in [-0.39, 0.29) is 6.54 Å². The summed E-state index contributed by atoms with van der Waals surface area (Å²) in [7, 11) is 1.51. The number of rotatable bonds is 5. The molecule has 4 rings (SSSR count). The number of fused-ring (bicyclic) bond motifs is 3. The summed E-state index contributed by atoms with van der Waals surface area (Å²) in [5.41, 5.74) is 0.508. The molecule has 0 aliphatic carbocycles. The highest BCUT2D eigenvalue weighted by molar-refractivity contribution is 5.96. The summed E-state index contributed by atoms with van der Waals surface area (Å²) >= 11 is 0. The Morgan fingerprint density at radius 2 is 1.61 bits per heavy atom. The number of carbonyl (C=O) groups excluding carboxylic acids is 2. The third kappa shape index (κ3) is 4.53. The maximum atomic E-state index is 12.9. The van der Waals surface area contributed by atoms with Crippen LogP contribution in [0.5, 0.6) is 5.75 Å². The number of hydrogen-bond donors (Lipinski definition) is 2. The van der Waals surface area contributed by atoms with Crippen molar-refractivity contribution < 1.29 is 38.0 Å². The Balaban J connectivity index is 1.41. The zero-order valence-electron chi connectivity index (χ0n) is 18.2. The lowest BCUT2D eigenvalue weighted by atomic mass is 9.98. The summed E-state index contributed by atoms with van der Waals surface area (Å²) in [4.78, 5) is 25.3. The largest absolute Gasteiger partial charge is 0.495 e. The van der Waals surface area contributed by atoms with Crippen molar-refractivity contribution in [1.29, 1.82) is 0 Å². The summed E-state index contributed by atoms with van der Waals surface area (Å²) in [5, 5.41) is 5.31. The molecule has 2 amide bonds. The van der Waals surface area contributed by atoms with E-state index < -0.39 is 54.1 Å². The van der Waals surface area contributed by atoms with Crippen molar-refractivity contribution in [1.82, 2.24) is 5.32 Å². The quantitative estimate of drug-likeness (QED) is 0.707. The van der Waals surface area contributed by atoms with E-state index in [1.54, 1.807) is 52.0 Å². The van der Waals surface area contributed by atoms with Gasteiger partial charge in [-0.3, -0.25) is 9.59 Å². The highest BCUT2D eigenvalue weighted by atomic mass is 16.9. The molecule has 1 aromatic rings. The lowest BCUT2D eigenvalue weighted by Crippen LogP contribution is -2.59. The molecule has 0 aromatic heterocycles. The Labute approximate surface area is 180 Å². The molecule has 0 spiro atoms. The summed E-state index contributed by atoms with van der Waals surface area (Å²) in [6.07, 6.45) is -3.59. The number of amides is 2. The molecule has 3 aliphatic rings. The van der Waals surface area contributed by atoms with Gasteiger partial charge in [0.2, 0.25) is 5.91 Å². The number of ether oxygens (including phenoxy) is 6. The van der Waals surface area contributed by atoms with E-state index in [9.17, 15) is 9.59 Å². The van der Waals surface area contributed by atoms with Crippen LogP contribution in [0.25, 0.3) is 0 Å². The van der Waals surface area contributed by atoms with Crippen molar-refractivity contribution in [2.75, 3.05) is 19.0 Å². The van der Waals surface area contributed by atoms with Gasteiger partial charge in [-0.05, 0) is 39.8 Å². The number of hydrogen-bond acceptors (Lipinski definition) is 8. The number of benzene rings is 1. The highest BCUT2D eigenvalue weighted by Gasteiger charge is 2.62. The predicted molar refractivity (Wildman–Crippen MR) is 107 cm³/mol. The van der Waals surface area contributed by atoms with Crippen LogP contribution in [0.15, 0.2) is 24.3 Å². The standard InChI is InChI=1S/C21H28N2O8/c1-20(2)28-14-15(29-20)17-19(31-21(3,4)30-17)27-16(14)18(25)22-10-13(24)23-11-8-6-7-9-12(11)26-5/h6-9,14-17,19H,10H2,1-5H3,(H,22,25)(H,23,24)/t14-,15-,16+,17+,19-/m0/s1. The van der Waals surface area contributed by atoms with Crippen LogP contribution in [-0.4, -0.2) is 67.7 Å². The maximum absolute atomic E-state index is 12.9. The van der Waals surface area contributed by atoms with Crippen molar-refractivity contribution in [3.05, 3.63) is 24.3 Å². The average Bonchev–Trinajstić information content (AvgIpc) is 3.19. The fraction of sp³-hybridized carbons (Fsp3) is 0.619. The maximum Gasteiger partial charge on any atom is 0.252 e. The van der Waals surface area contributed by atoms with Gasteiger partial charge in [-0.25, -0.2) is 0 Å². The Morgan fingerprint density at radius 3 is 2.35 bits per heavy atom. The van der Waals surface area contributed by atoms with E-state index in [4.69, 9.17) is 28.4 Å². The second-order valence-corrected chi connectivity index (χ2v) is 8.56. The van der Waals surface area contributed by atoms with Gasteiger partial charge in [0.05, 0.1) is 19.3 Å². The second kappa shape index (κ2) is 8.03. The first kappa shape index (κ1) is 22.0. The van der Waals surface area contributed by atoms with E-state index >= 15 is 0 Å². The fourth-order valence-corrected chi connectivity index (χ4v) is 4.03. The van der Waals surface area contributed by atoms with E-state index in [1.807, 2.05) is 0 Å². The molecule has 0 radical (unpaired) electrons. The monoisotopic (exact) mass is 436 g/mol. The fourth-order valence-electron chi connectivity index (χ4n) is 4.03. The van der Waals surface area contributed by atoms with Crippen molar-refractivity contribution in [2.45, 2.75) is 70.0 Å². The molecular formula is C21H28N2O8. The van der Waals surface area contributed by atoms with E-state index in [2.05, 4.69) is 10.6 Å². The molecule has 0 saturated carbocycles. The van der Waals surface area contributed by atoms with Gasteiger partial charge in [-0.2, -0.15) is 0 Å². The van der Waals surface area contributed by atoms with Gasteiger partial charge >= 0.3 is 0 Å².